The number of benzene rings is 1. The van der Waals surface area contributed by atoms with Gasteiger partial charge in [0.05, 0.1) is 0 Å². The van der Waals surface area contributed by atoms with Crippen molar-refractivity contribution < 1.29 is 8.78 Å². The second-order valence-corrected chi connectivity index (χ2v) is 7.27. The van der Waals surface area contributed by atoms with Gasteiger partial charge < -0.3 is 15.1 Å². The van der Waals surface area contributed by atoms with E-state index in [1.807, 2.05) is 6.92 Å². The molecule has 1 N–H and O–H groups in total. The molecule has 0 spiro atoms. The predicted octanol–water partition coefficient (Wildman–Crippen LogP) is 3.33. The Kier molecular flexibility index (Phi) is 9.47. The molecule has 2 heterocycles. The van der Waals surface area contributed by atoms with E-state index < -0.39 is 11.6 Å². The van der Waals surface area contributed by atoms with E-state index in [1.54, 1.807) is 0 Å². The molecule has 1 aliphatic rings. The molecule has 2 aromatic rings. The Bertz CT molecular complexity index is 808. The number of guanidine groups is 1. The number of aryl methyl sites for hydroxylation is 1. The third-order valence-corrected chi connectivity index (χ3v) is 5.43. The van der Waals surface area contributed by atoms with Gasteiger partial charge >= 0.3 is 0 Å². The summed E-state index contributed by atoms with van der Waals surface area (Å²) in [7, 11) is 0. The third kappa shape index (κ3) is 6.46. The van der Waals surface area contributed by atoms with Crippen LogP contribution in [0.4, 0.5) is 13.9 Å². The summed E-state index contributed by atoms with van der Waals surface area (Å²) < 4.78 is 31.2. The van der Waals surface area contributed by atoms with Gasteiger partial charge in [-0.1, -0.05) is 13.0 Å². The Morgan fingerprint density at radius 1 is 1.21 bits per heavy atom. The maximum Gasteiger partial charge on any atom is 0.205 e. The monoisotopic (exact) mass is 536 g/mol. The molecule has 0 atom stereocenters. The zero-order valence-corrected chi connectivity index (χ0v) is 19.8. The van der Waals surface area contributed by atoms with Crippen LogP contribution in [0.3, 0.4) is 0 Å². The van der Waals surface area contributed by atoms with Crippen LogP contribution in [0.1, 0.15) is 25.2 Å². The highest BCUT2D eigenvalue weighted by molar-refractivity contribution is 14.0. The van der Waals surface area contributed by atoms with Crippen LogP contribution in [0, 0.1) is 11.6 Å². The Morgan fingerprint density at radius 3 is 2.59 bits per heavy atom. The number of piperazine rings is 1. The second kappa shape index (κ2) is 11.6. The predicted molar refractivity (Wildman–Crippen MR) is 125 cm³/mol. The molecule has 0 amide bonds. The molecular weight excluding hydrogens is 509 g/mol. The lowest BCUT2D eigenvalue weighted by molar-refractivity contribution is 0.372. The van der Waals surface area contributed by atoms with Crippen molar-refractivity contribution in [2.45, 2.75) is 26.7 Å². The zero-order valence-electron chi connectivity index (χ0n) is 16.7. The minimum Gasteiger partial charge on any atom is -0.357 e. The van der Waals surface area contributed by atoms with E-state index in [2.05, 4.69) is 36.4 Å². The quantitative estimate of drug-likeness (QED) is 0.349. The SMILES string of the molecule is CCNC(=NCCc1ccc(F)cc1F)N1CCN(c2nc(CC)ns2)CC1.I. The highest BCUT2D eigenvalue weighted by Gasteiger charge is 2.22. The van der Waals surface area contributed by atoms with Gasteiger partial charge in [0, 0.05) is 63.3 Å². The Labute approximate surface area is 191 Å². The molecule has 3 rings (SSSR count). The number of halogens is 3. The van der Waals surface area contributed by atoms with Gasteiger partial charge in [-0.25, -0.2) is 13.8 Å². The van der Waals surface area contributed by atoms with Gasteiger partial charge in [0.25, 0.3) is 0 Å². The molecule has 0 radical (unpaired) electrons. The van der Waals surface area contributed by atoms with E-state index in [-0.39, 0.29) is 24.0 Å². The minimum atomic E-state index is -0.558. The lowest BCUT2D eigenvalue weighted by Crippen LogP contribution is -2.52. The Morgan fingerprint density at radius 2 is 1.97 bits per heavy atom. The van der Waals surface area contributed by atoms with Crippen LogP contribution in [0.2, 0.25) is 0 Å². The average molecular weight is 536 g/mol. The fraction of sp³-hybridized carbons (Fsp3) is 0.526. The molecule has 0 unspecified atom stereocenters. The van der Waals surface area contributed by atoms with Gasteiger partial charge in [-0.3, -0.25) is 4.99 Å². The third-order valence-electron chi connectivity index (χ3n) is 4.62. The molecule has 6 nitrogen and oxygen atoms in total. The first-order chi connectivity index (χ1) is 13.6. The van der Waals surface area contributed by atoms with E-state index in [0.717, 1.165) is 62.1 Å². The average Bonchev–Trinajstić information content (AvgIpc) is 3.18. The maximum atomic E-state index is 13.8. The normalized spacial score (nSPS) is 14.7. The number of nitrogens with zero attached hydrogens (tertiary/aromatic N) is 5. The first kappa shape index (κ1) is 23.7. The van der Waals surface area contributed by atoms with Crippen molar-refractivity contribution in [2.75, 3.05) is 44.2 Å². The van der Waals surface area contributed by atoms with Crippen molar-refractivity contribution in [2.24, 2.45) is 4.99 Å². The van der Waals surface area contributed by atoms with E-state index in [4.69, 9.17) is 0 Å². The van der Waals surface area contributed by atoms with E-state index >= 15 is 0 Å². The number of aromatic nitrogens is 2. The summed E-state index contributed by atoms with van der Waals surface area (Å²) in [4.78, 5) is 13.7. The van der Waals surface area contributed by atoms with Crippen molar-refractivity contribution in [3.8, 4) is 0 Å². The van der Waals surface area contributed by atoms with Crippen LogP contribution in [-0.4, -0.2) is 59.5 Å². The number of rotatable bonds is 6. The molecule has 1 aromatic carbocycles. The van der Waals surface area contributed by atoms with Crippen LogP contribution in [0.5, 0.6) is 0 Å². The lowest BCUT2D eigenvalue weighted by atomic mass is 10.1. The summed E-state index contributed by atoms with van der Waals surface area (Å²) >= 11 is 1.45. The smallest absolute Gasteiger partial charge is 0.205 e. The van der Waals surface area contributed by atoms with Crippen LogP contribution in [0.15, 0.2) is 23.2 Å². The maximum absolute atomic E-state index is 13.8. The van der Waals surface area contributed by atoms with Crippen molar-refractivity contribution >= 4 is 46.6 Å². The molecule has 1 fully saturated rings. The summed E-state index contributed by atoms with van der Waals surface area (Å²) in [5.41, 5.74) is 0.480. The highest BCUT2D eigenvalue weighted by Crippen LogP contribution is 2.19. The summed E-state index contributed by atoms with van der Waals surface area (Å²) in [6.07, 6.45) is 1.29. The number of hydrogen-bond acceptors (Lipinski definition) is 5. The van der Waals surface area contributed by atoms with E-state index in [0.29, 0.717) is 18.5 Å². The molecule has 0 bridgehead atoms. The van der Waals surface area contributed by atoms with Gasteiger partial charge in [-0.15, -0.1) is 24.0 Å². The number of nitrogens with one attached hydrogen (secondary N) is 1. The van der Waals surface area contributed by atoms with Crippen LogP contribution in [0.25, 0.3) is 0 Å². The van der Waals surface area contributed by atoms with Crippen LogP contribution >= 0.6 is 35.5 Å². The van der Waals surface area contributed by atoms with Crippen LogP contribution in [-0.2, 0) is 12.8 Å². The molecule has 160 valence electrons. The summed E-state index contributed by atoms with van der Waals surface area (Å²) in [5, 5.41) is 4.29. The largest absolute Gasteiger partial charge is 0.357 e. The summed E-state index contributed by atoms with van der Waals surface area (Å²) in [6.45, 7) is 8.67. The lowest BCUT2D eigenvalue weighted by Gasteiger charge is -2.36. The first-order valence-corrected chi connectivity index (χ1v) is 10.4. The molecule has 29 heavy (non-hydrogen) atoms. The van der Waals surface area contributed by atoms with Gasteiger partial charge in [-0.2, -0.15) is 4.37 Å². The van der Waals surface area contributed by atoms with Crippen molar-refractivity contribution in [1.82, 2.24) is 19.6 Å². The molecule has 1 saturated heterocycles. The molecule has 10 heteroatoms. The van der Waals surface area contributed by atoms with Crippen LogP contribution < -0.4 is 10.2 Å². The molecule has 0 aliphatic carbocycles. The van der Waals surface area contributed by atoms with E-state index in [9.17, 15) is 8.78 Å². The summed E-state index contributed by atoms with van der Waals surface area (Å²) in [6, 6.07) is 3.68. The highest BCUT2D eigenvalue weighted by atomic mass is 127. The minimum absolute atomic E-state index is 0. The van der Waals surface area contributed by atoms with Crippen molar-refractivity contribution in [3.63, 3.8) is 0 Å². The van der Waals surface area contributed by atoms with Gasteiger partial charge in [-0.05, 0) is 25.0 Å². The van der Waals surface area contributed by atoms with Gasteiger partial charge in [0.2, 0.25) is 5.13 Å². The Hall–Kier alpha value is -1.56. The molecule has 1 aromatic heterocycles. The number of aliphatic imine (C=N–C) groups is 1. The standard InChI is InChI=1S/C19H26F2N6S.HI/c1-3-17-24-19(28-25-17)27-11-9-26(10-12-27)18(22-4-2)23-8-7-14-5-6-15(20)13-16(14)21;/h5-6,13H,3-4,7-12H2,1-2H3,(H,22,23);1H. The number of hydrogen-bond donors (Lipinski definition) is 1. The van der Waals surface area contributed by atoms with E-state index in [1.165, 1.54) is 23.7 Å². The number of anilines is 1. The fourth-order valence-corrected chi connectivity index (χ4v) is 3.86. The zero-order chi connectivity index (χ0) is 19.9. The first-order valence-electron chi connectivity index (χ1n) is 9.65. The van der Waals surface area contributed by atoms with Crippen molar-refractivity contribution in [1.29, 1.82) is 0 Å². The molecule has 1 aliphatic heterocycles. The van der Waals surface area contributed by atoms with Crippen molar-refractivity contribution in [3.05, 3.63) is 41.2 Å². The second-order valence-electron chi connectivity index (χ2n) is 6.54. The molecule has 0 saturated carbocycles. The summed E-state index contributed by atoms with van der Waals surface area (Å²) in [5.74, 6) is 0.649. The Balaban J connectivity index is 0.00000300. The topological polar surface area (TPSA) is 56.7 Å². The fourth-order valence-electron chi connectivity index (χ4n) is 3.06. The molecular formula is C19H27F2IN6S. The van der Waals surface area contributed by atoms with Gasteiger partial charge in [0.1, 0.15) is 17.5 Å². The van der Waals surface area contributed by atoms with Gasteiger partial charge in [0.15, 0.2) is 5.96 Å².